The molecule has 5 heteroatoms. The van der Waals surface area contributed by atoms with Gasteiger partial charge in [-0.05, 0) is 13.8 Å². The van der Waals surface area contributed by atoms with Crippen LogP contribution >= 0.6 is 0 Å². The number of ether oxygens (including phenoxy) is 2. The van der Waals surface area contributed by atoms with Gasteiger partial charge in [0.15, 0.2) is 6.10 Å². The van der Waals surface area contributed by atoms with Crippen LogP contribution < -0.4 is 0 Å². The van der Waals surface area contributed by atoms with Crippen molar-refractivity contribution in [2.45, 2.75) is 26.1 Å². The number of hydrogen-bond acceptors (Lipinski definition) is 4. The average Bonchev–Trinajstić information content (AvgIpc) is 2.11. The van der Waals surface area contributed by atoms with Gasteiger partial charge in [0.25, 0.3) is 0 Å². The van der Waals surface area contributed by atoms with Gasteiger partial charge in [-0.3, -0.25) is 4.94 Å². The molecule has 0 aromatic carbocycles. The molecule has 2 atom stereocenters. The summed E-state index contributed by atoms with van der Waals surface area (Å²) in [5, 5.41) is 0. The van der Waals surface area contributed by atoms with E-state index in [4.69, 9.17) is 9.47 Å². The number of carbonyl (C=O) groups excluding carboxylic acids is 1. The number of rotatable bonds is 5. The van der Waals surface area contributed by atoms with Gasteiger partial charge in [0.1, 0.15) is 0 Å². The molecule has 72 valence electrons. The van der Waals surface area contributed by atoms with E-state index in [9.17, 15) is 9.32 Å². The summed E-state index contributed by atoms with van der Waals surface area (Å²) >= 11 is 0. The smallest absolute Gasteiger partial charge is 0.376 e. The number of methoxy groups -OCH3 is 1. The highest BCUT2D eigenvalue weighted by atomic mass is 19.3. The second-order valence-electron chi connectivity index (χ2n) is 2.42. The summed E-state index contributed by atoms with van der Waals surface area (Å²) in [6, 6.07) is 0. The third-order valence-corrected chi connectivity index (χ3v) is 1.39. The number of carbonyl (C=O) groups is 1. The van der Waals surface area contributed by atoms with Crippen LogP contribution in [0.15, 0.2) is 0 Å². The summed E-state index contributed by atoms with van der Waals surface area (Å²) in [6.45, 7) is 3.41. The summed E-state index contributed by atoms with van der Waals surface area (Å²) in [7, 11) is 1.52. The maximum Gasteiger partial charge on any atom is 0.376 e. The average molecular weight is 180 g/mol. The minimum Gasteiger partial charge on any atom is -0.379 e. The molecule has 0 aromatic heterocycles. The minimum atomic E-state index is -1.03. The zero-order chi connectivity index (χ0) is 9.56. The highest BCUT2D eigenvalue weighted by molar-refractivity contribution is 5.73. The Morgan fingerprint density at radius 2 is 2.08 bits per heavy atom. The molecular weight excluding hydrogens is 167 g/mol. The summed E-state index contributed by atoms with van der Waals surface area (Å²) in [4.78, 5) is 13.4. The predicted molar refractivity (Wildman–Crippen MR) is 39.1 cm³/mol. The Balaban J connectivity index is 3.56. The SMILES string of the molecule is COC(C)COC(C)C(=O)OF. The van der Waals surface area contributed by atoms with Gasteiger partial charge in [-0.2, -0.15) is 0 Å². The Morgan fingerprint density at radius 3 is 2.50 bits per heavy atom. The molecule has 0 aliphatic carbocycles. The molecule has 0 fully saturated rings. The van der Waals surface area contributed by atoms with Gasteiger partial charge in [-0.15, -0.1) is 0 Å². The molecule has 0 N–H and O–H groups in total. The van der Waals surface area contributed by atoms with Gasteiger partial charge in [0, 0.05) is 11.6 Å². The molecule has 2 unspecified atom stereocenters. The van der Waals surface area contributed by atoms with Gasteiger partial charge < -0.3 is 9.47 Å². The van der Waals surface area contributed by atoms with Gasteiger partial charge in [-0.25, -0.2) is 4.79 Å². The number of hydrogen-bond donors (Lipinski definition) is 0. The molecule has 0 bridgehead atoms. The zero-order valence-electron chi connectivity index (χ0n) is 7.37. The summed E-state index contributed by atoms with van der Waals surface area (Å²) in [6.07, 6.45) is -1.02. The Morgan fingerprint density at radius 1 is 1.50 bits per heavy atom. The second-order valence-corrected chi connectivity index (χ2v) is 2.42. The van der Waals surface area contributed by atoms with Gasteiger partial charge in [0.05, 0.1) is 12.7 Å². The minimum absolute atomic E-state index is 0.125. The van der Waals surface area contributed by atoms with Crippen LogP contribution in [0, 0.1) is 0 Å². The lowest BCUT2D eigenvalue weighted by Crippen LogP contribution is -2.25. The van der Waals surface area contributed by atoms with E-state index in [-0.39, 0.29) is 12.7 Å². The quantitative estimate of drug-likeness (QED) is 0.629. The molecule has 0 aliphatic heterocycles. The van der Waals surface area contributed by atoms with Crippen molar-refractivity contribution in [2.24, 2.45) is 0 Å². The van der Waals surface area contributed by atoms with E-state index < -0.39 is 12.1 Å². The lowest BCUT2D eigenvalue weighted by atomic mass is 10.4. The van der Waals surface area contributed by atoms with Crippen molar-refractivity contribution >= 4 is 5.97 Å². The molecule has 0 aromatic rings. The molecule has 4 nitrogen and oxygen atoms in total. The van der Waals surface area contributed by atoms with Crippen LogP contribution in [-0.4, -0.2) is 31.9 Å². The van der Waals surface area contributed by atoms with Crippen LogP contribution in [0.4, 0.5) is 4.53 Å². The standard InChI is InChI=1S/C7H13FO4/c1-5(10-3)4-11-6(2)7(9)12-8/h5-6H,4H2,1-3H3. The maximum atomic E-state index is 11.3. The highest BCUT2D eigenvalue weighted by Gasteiger charge is 2.16. The summed E-state index contributed by atoms with van der Waals surface area (Å²) in [5.41, 5.74) is 0. The van der Waals surface area contributed by atoms with E-state index in [1.54, 1.807) is 6.92 Å². The molecular formula is C7H13FO4. The molecule has 0 heterocycles. The van der Waals surface area contributed by atoms with Gasteiger partial charge in [0.2, 0.25) is 0 Å². The van der Waals surface area contributed by atoms with Crippen LogP contribution in [0.2, 0.25) is 0 Å². The van der Waals surface area contributed by atoms with E-state index in [0.29, 0.717) is 0 Å². The normalized spacial score (nSPS) is 15.3. The van der Waals surface area contributed by atoms with Gasteiger partial charge >= 0.3 is 5.97 Å². The van der Waals surface area contributed by atoms with Crippen LogP contribution in [0.5, 0.6) is 0 Å². The van der Waals surface area contributed by atoms with Crippen molar-refractivity contribution in [3.8, 4) is 0 Å². The van der Waals surface area contributed by atoms with E-state index in [0.717, 1.165) is 0 Å². The third-order valence-electron chi connectivity index (χ3n) is 1.39. The monoisotopic (exact) mass is 180 g/mol. The maximum absolute atomic E-state index is 11.3. The first kappa shape index (κ1) is 11.3. The first-order chi connectivity index (χ1) is 5.61. The molecule has 12 heavy (non-hydrogen) atoms. The molecule has 0 saturated heterocycles. The lowest BCUT2D eigenvalue weighted by molar-refractivity contribution is -0.197. The van der Waals surface area contributed by atoms with Crippen LogP contribution in [0.1, 0.15) is 13.8 Å². The van der Waals surface area contributed by atoms with E-state index in [2.05, 4.69) is 4.94 Å². The first-order valence-electron chi connectivity index (χ1n) is 3.58. The third kappa shape index (κ3) is 4.25. The van der Waals surface area contributed by atoms with Crippen molar-refractivity contribution in [3.05, 3.63) is 0 Å². The van der Waals surface area contributed by atoms with Crippen molar-refractivity contribution in [1.29, 1.82) is 0 Å². The van der Waals surface area contributed by atoms with Crippen molar-refractivity contribution in [3.63, 3.8) is 0 Å². The zero-order valence-corrected chi connectivity index (χ0v) is 7.37. The van der Waals surface area contributed by atoms with E-state index in [1.165, 1.54) is 14.0 Å². The molecule has 0 amide bonds. The lowest BCUT2D eigenvalue weighted by Gasteiger charge is -2.12. The fourth-order valence-corrected chi connectivity index (χ4v) is 0.479. The Kier molecular flexibility index (Phi) is 5.57. The Labute approximate surface area is 70.5 Å². The van der Waals surface area contributed by atoms with E-state index in [1.807, 2.05) is 0 Å². The highest BCUT2D eigenvalue weighted by Crippen LogP contribution is 1.98. The fraction of sp³-hybridized carbons (Fsp3) is 0.857. The van der Waals surface area contributed by atoms with Crippen molar-refractivity contribution < 1.29 is 23.7 Å². The van der Waals surface area contributed by atoms with Crippen molar-refractivity contribution in [2.75, 3.05) is 13.7 Å². The van der Waals surface area contributed by atoms with E-state index >= 15 is 0 Å². The molecule has 0 radical (unpaired) electrons. The van der Waals surface area contributed by atoms with Crippen LogP contribution in [-0.2, 0) is 19.2 Å². The second kappa shape index (κ2) is 5.91. The van der Waals surface area contributed by atoms with Gasteiger partial charge in [-0.1, -0.05) is 0 Å². The summed E-state index contributed by atoms with van der Waals surface area (Å²) < 4.78 is 21.0. The Bertz CT molecular complexity index is 139. The summed E-state index contributed by atoms with van der Waals surface area (Å²) in [5.74, 6) is -1.03. The first-order valence-corrected chi connectivity index (χ1v) is 3.58. The Hall–Kier alpha value is -0.680. The largest absolute Gasteiger partial charge is 0.379 e. The fourth-order valence-electron chi connectivity index (χ4n) is 0.479. The molecule has 0 aliphatic rings. The van der Waals surface area contributed by atoms with Crippen LogP contribution in [0.25, 0.3) is 0 Å². The van der Waals surface area contributed by atoms with Crippen molar-refractivity contribution in [1.82, 2.24) is 0 Å². The van der Waals surface area contributed by atoms with Crippen LogP contribution in [0.3, 0.4) is 0 Å². The topological polar surface area (TPSA) is 44.8 Å². The molecule has 0 spiro atoms. The molecule has 0 saturated carbocycles. The number of halogens is 1. The molecule has 0 rings (SSSR count). The predicted octanol–water partition coefficient (Wildman–Crippen LogP) is 0.854.